The van der Waals surface area contributed by atoms with Gasteiger partial charge in [0.15, 0.2) is 6.29 Å². The van der Waals surface area contributed by atoms with Crippen molar-refractivity contribution >= 4 is 16.3 Å². The van der Waals surface area contributed by atoms with Crippen molar-refractivity contribution in [1.82, 2.24) is 5.32 Å². The van der Waals surface area contributed by atoms with Gasteiger partial charge in [-0.25, -0.2) is 4.18 Å². The Bertz CT molecular complexity index is 1180. The number of aliphatic hydroxyl groups excluding tert-OH is 5. The van der Waals surface area contributed by atoms with E-state index in [1.807, 2.05) is 12.2 Å². The predicted molar refractivity (Wildman–Crippen MR) is 210 cm³/mol. The molecule has 8 unspecified atom stereocenters. The molecule has 14 heteroatoms. The minimum Gasteiger partial charge on any atom is -0.394 e. The lowest BCUT2D eigenvalue weighted by Gasteiger charge is -2.41. The maximum atomic E-state index is 12.9. The van der Waals surface area contributed by atoms with E-state index in [0.29, 0.717) is 12.8 Å². The topological polar surface area (TPSA) is 212 Å². The molecule has 8 atom stereocenters. The Kier molecular flexibility index (Phi) is 28.9. The highest BCUT2D eigenvalue weighted by Crippen LogP contribution is 2.26. The van der Waals surface area contributed by atoms with Gasteiger partial charge in [-0.1, -0.05) is 120 Å². The van der Waals surface area contributed by atoms with Crippen LogP contribution in [-0.2, 0) is 28.9 Å². The third-order valence-electron chi connectivity index (χ3n) is 9.18. The van der Waals surface area contributed by atoms with Crippen molar-refractivity contribution in [3.8, 4) is 0 Å². The van der Waals surface area contributed by atoms with Crippen molar-refractivity contribution < 1.29 is 57.0 Å². The second-order valence-corrected chi connectivity index (χ2v) is 15.0. The fraction of sp³-hybridized carbons (Fsp3) is 0.775. The number of carbonyl (C=O) groups is 1. The fourth-order valence-electron chi connectivity index (χ4n) is 5.90. The molecule has 314 valence electrons. The van der Waals surface area contributed by atoms with Crippen LogP contribution in [-0.4, -0.2) is 107 Å². The molecule has 7 N–H and O–H groups in total. The maximum absolute atomic E-state index is 12.9. The molecule has 0 aromatic rings. The van der Waals surface area contributed by atoms with Gasteiger partial charge in [0.2, 0.25) is 5.91 Å². The fourth-order valence-corrected chi connectivity index (χ4v) is 6.41. The first-order chi connectivity index (χ1) is 25.9. The zero-order valence-electron chi connectivity index (χ0n) is 32.6. The van der Waals surface area contributed by atoms with Gasteiger partial charge in [-0.3, -0.25) is 9.35 Å². The van der Waals surface area contributed by atoms with E-state index in [2.05, 4.69) is 47.7 Å². The molecule has 1 aliphatic heterocycles. The van der Waals surface area contributed by atoms with Crippen molar-refractivity contribution in [2.24, 2.45) is 0 Å². The second-order valence-electron chi connectivity index (χ2n) is 14.0. The smallest absolute Gasteiger partial charge is 0.394 e. The lowest BCUT2D eigenvalue weighted by atomic mass is 9.99. The molecule has 0 aromatic heterocycles. The normalized spacial score (nSPS) is 22.9. The van der Waals surface area contributed by atoms with Crippen LogP contribution in [0, 0.1) is 0 Å². The summed E-state index contributed by atoms with van der Waals surface area (Å²) >= 11 is 0. The van der Waals surface area contributed by atoms with Gasteiger partial charge in [0, 0.05) is 0 Å². The second kappa shape index (κ2) is 31.1. The number of hydrogen-bond acceptors (Lipinski definition) is 11. The number of rotatable bonds is 32. The Morgan fingerprint density at radius 2 is 1.24 bits per heavy atom. The molecular formula is C40H71NO12S. The zero-order chi connectivity index (χ0) is 40.0. The Balaban J connectivity index is 2.72. The van der Waals surface area contributed by atoms with Crippen LogP contribution in [0.5, 0.6) is 0 Å². The zero-order valence-corrected chi connectivity index (χ0v) is 33.4. The molecule has 1 saturated heterocycles. The molecule has 1 fully saturated rings. The van der Waals surface area contributed by atoms with Crippen LogP contribution in [0.1, 0.15) is 136 Å². The molecule has 0 bridgehead atoms. The Hall–Kier alpha value is -1.98. The van der Waals surface area contributed by atoms with Gasteiger partial charge in [-0.15, -0.1) is 0 Å². The van der Waals surface area contributed by atoms with Crippen LogP contribution >= 0.6 is 0 Å². The number of aliphatic hydroxyl groups is 5. The van der Waals surface area contributed by atoms with Crippen molar-refractivity contribution in [2.75, 3.05) is 13.2 Å². The molecular weight excluding hydrogens is 719 g/mol. The van der Waals surface area contributed by atoms with Crippen molar-refractivity contribution in [3.63, 3.8) is 0 Å². The summed E-state index contributed by atoms with van der Waals surface area (Å²) in [7, 11) is -5.12. The van der Waals surface area contributed by atoms with E-state index < -0.39 is 78.5 Å². The third-order valence-corrected chi connectivity index (χ3v) is 9.64. The minimum absolute atomic E-state index is 0.146. The number of nitrogens with one attached hydrogen (secondary N) is 1. The quantitative estimate of drug-likeness (QED) is 0.0255. The first-order valence-corrected chi connectivity index (χ1v) is 21.5. The monoisotopic (exact) mass is 789 g/mol. The highest BCUT2D eigenvalue weighted by molar-refractivity contribution is 7.80. The number of allylic oxidation sites excluding steroid dienone is 7. The largest absolute Gasteiger partial charge is 0.397 e. The Morgan fingerprint density at radius 3 is 1.80 bits per heavy atom. The highest BCUT2D eigenvalue weighted by atomic mass is 32.3. The van der Waals surface area contributed by atoms with Crippen LogP contribution in [0.2, 0.25) is 0 Å². The summed E-state index contributed by atoms with van der Waals surface area (Å²) in [6.45, 7) is 3.07. The Morgan fingerprint density at radius 1 is 0.741 bits per heavy atom. The lowest BCUT2D eigenvalue weighted by Crippen LogP contribution is -2.61. The van der Waals surface area contributed by atoms with E-state index in [-0.39, 0.29) is 6.42 Å². The molecule has 0 aromatic carbocycles. The van der Waals surface area contributed by atoms with Crippen molar-refractivity contribution in [1.29, 1.82) is 0 Å². The molecule has 0 saturated carbocycles. The van der Waals surface area contributed by atoms with Gasteiger partial charge in [0.25, 0.3) is 0 Å². The molecule has 54 heavy (non-hydrogen) atoms. The van der Waals surface area contributed by atoms with Gasteiger partial charge in [0.1, 0.15) is 30.5 Å². The summed E-state index contributed by atoms with van der Waals surface area (Å²) in [4.78, 5) is 12.9. The van der Waals surface area contributed by atoms with Crippen LogP contribution in [0.3, 0.4) is 0 Å². The predicted octanol–water partition coefficient (Wildman–Crippen LogP) is 5.51. The first-order valence-electron chi connectivity index (χ1n) is 20.1. The van der Waals surface area contributed by atoms with E-state index in [1.54, 1.807) is 6.08 Å². The third kappa shape index (κ3) is 23.8. The number of unbranched alkanes of at least 4 members (excludes halogenated alkanes) is 13. The summed E-state index contributed by atoms with van der Waals surface area (Å²) in [5.74, 6) is -0.756. The number of carbonyl (C=O) groups excluding carboxylic acids is 1. The minimum atomic E-state index is -5.12. The molecule has 1 aliphatic rings. The number of hydrogen-bond donors (Lipinski definition) is 7. The molecule has 1 heterocycles. The van der Waals surface area contributed by atoms with E-state index in [4.69, 9.17) is 14.0 Å². The maximum Gasteiger partial charge on any atom is 0.397 e. The van der Waals surface area contributed by atoms with E-state index in [1.165, 1.54) is 57.4 Å². The van der Waals surface area contributed by atoms with Gasteiger partial charge in [-0.05, 0) is 64.2 Å². The average Bonchev–Trinajstić information content (AvgIpc) is 3.14. The van der Waals surface area contributed by atoms with E-state index in [0.717, 1.165) is 51.4 Å². The molecule has 13 nitrogen and oxygen atoms in total. The summed E-state index contributed by atoms with van der Waals surface area (Å²) in [5, 5.41) is 54.7. The summed E-state index contributed by atoms with van der Waals surface area (Å²) in [6, 6.07) is -1.16. The standard InChI is InChI=1S/C40H71NO12S/c1-3-5-7-9-11-13-14-15-16-17-18-19-20-21-23-24-26-28-33(43)32(41-39(47)34(44)29-27-25-22-12-10-8-6-4-2)31-51-40-37(46)38(53-54(48,49)50)36(45)35(30-42)52-40/h16-17,20-22,25-26,28,32-38,40,42-46H,3-15,18-19,23-24,27,29-31H2,1-2H3,(H,41,47)(H,48,49,50)/b17-16+,21-20+,25-22-,28-26+. The van der Waals surface area contributed by atoms with Gasteiger partial charge >= 0.3 is 10.4 Å². The summed E-state index contributed by atoms with van der Waals surface area (Å²) in [5.41, 5.74) is 0. The lowest BCUT2D eigenvalue weighted by molar-refractivity contribution is -0.298. The van der Waals surface area contributed by atoms with E-state index >= 15 is 0 Å². The van der Waals surface area contributed by atoms with Crippen LogP contribution in [0.15, 0.2) is 48.6 Å². The average molecular weight is 790 g/mol. The Labute approximate surface area is 324 Å². The van der Waals surface area contributed by atoms with Crippen molar-refractivity contribution in [3.05, 3.63) is 48.6 Å². The first kappa shape index (κ1) is 50.0. The SMILES string of the molecule is CCCCCC/C=C\CCC(O)C(=O)NC(COC1OC(CO)C(O)C(OS(=O)(=O)O)C1O)C(O)/C=C/CC/C=C/CC/C=C/CCCCCCCCC. The van der Waals surface area contributed by atoms with Gasteiger partial charge < -0.3 is 40.3 Å². The highest BCUT2D eigenvalue weighted by Gasteiger charge is 2.48. The number of amides is 1. The molecule has 0 spiro atoms. The molecule has 1 amide bonds. The molecule has 0 radical (unpaired) electrons. The summed E-state index contributed by atoms with van der Waals surface area (Å²) < 4.78 is 47.2. The van der Waals surface area contributed by atoms with Gasteiger partial charge in [-0.2, -0.15) is 8.42 Å². The van der Waals surface area contributed by atoms with Crippen LogP contribution < -0.4 is 5.32 Å². The molecule has 1 rings (SSSR count). The van der Waals surface area contributed by atoms with Crippen LogP contribution in [0.4, 0.5) is 0 Å². The van der Waals surface area contributed by atoms with E-state index in [9.17, 15) is 38.7 Å². The number of ether oxygens (including phenoxy) is 2. The summed E-state index contributed by atoms with van der Waals surface area (Å²) in [6.07, 6.45) is 23.9. The van der Waals surface area contributed by atoms with Crippen LogP contribution in [0.25, 0.3) is 0 Å². The molecule has 0 aliphatic carbocycles. The van der Waals surface area contributed by atoms with Gasteiger partial charge in [0.05, 0.1) is 25.4 Å². The van der Waals surface area contributed by atoms with Crippen molar-refractivity contribution in [2.45, 2.75) is 185 Å².